The van der Waals surface area contributed by atoms with Gasteiger partial charge in [-0.05, 0) is 36.4 Å². The van der Waals surface area contributed by atoms with Crippen molar-refractivity contribution in [1.29, 1.82) is 0 Å². The Morgan fingerprint density at radius 2 is 1.78 bits per heavy atom. The van der Waals surface area contributed by atoms with Gasteiger partial charge in [0.25, 0.3) is 5.91 Å². The highest BCUT2D eigenvalue weighted by Crippen LogP contribution is 2.24. The normalized spacial score (nSPS) is 13.4. The lowest BCUT2D eigenvalue weighted by molar-refractivity contribution is 0.0723. The molecule has 0 atom stereocenters. The molecule has 136 valence electrons. The summed E-state index contributed by atoms with van der Waals surface area (Å²) >= 11 is 5.90. The Bertz CT molecular complexity index is 1000. The van der Waals surface area contributed by atoms with Crippen molar-refractivity contribution in [3.05, 3.63) is 82.1 Å². The zero-order chi connectivity index (χ0) is 19.0. The number of amides is 1. The van der Waals surface area contributed by atoms with E-state index in [0.717, 1.165) is 29.0 Å². The van der Waals surface area contributed by atoms with E-state index in [2.05, 4.69) is 9.97 Å². The molecule has 7 heteroatoms. The van der Waals surface area contributed by atoms with Crippen LogP contribution in [0.5, 0.6) is 0 Å². The van der Waals surface area contributed by atoms with E-state index in [1.54, 1.807) is 18.3 Å². The van der Waals surface area contributed by atoms with E-state index in [1.807, 2.05) is 12.1 Å². The molecule has 1 aliphatic rings. The van der Waals surface area contributed by atoms with E-state index in [1.165, 1.54) is 11.0 Å². The molecule has 1 aromatic heterocycles. The number of aromatic nitrogens is 2. The van der Waals surface area contributed by atoms with Gasteiger partial charge in [-0.3, -0.25) is 4.79 Å². The summed E-state index contributed by atoms with van der Waals surface area (Å²) in [5, 5.41) is 0.631. The highest BCUT2D eigenvalue weighted by Gasteiger charge is 2.27. The Morgan fingerprint density at radius 1 is 1.07 bits per heavy atom. The van der Waals surface area contributed by atoms with Crippen LogP contribution >= 0.6 is 11.6 Å². The van der Waals surface area contributed by atoms with E-state index in [-0.39, 0.29) is 6.54 Å². The molecule has 0 fully saturated rings. The van der Waals surface area contributed by atoms with Crippen LogP contribution in [0.3, 0.4) is 0 Å². The van der Waals surface area contributed by atoms with Crippen LogP contribution in [-0.2, 0) is 13.0 Å². The summed E-state index contributed by atoms with van der Waals surface area (Å²) in [5.41, 5.74) is 1.91. The third-order valence-corrected chi connectivity index (χ3v) is 4.75. The molecule has 0 unspecified atom stereocenters. The number of rotatable bonds is 2. The lowest BCUT2D eigenvalue weighted by Crippen LogP contribution is -2.37. The first-order valence-corrected chi connectivity index (χ1v) is 8.75. The first-order valence-electron chi connectivity index (χ1n) is 8.37. The monoisotopic (exact) mass is 385 g/mol. The molecule has 4 rings (SSSR count). The molecule has 0 spiro atoms. The molecule has 4 nitrogen and oxygen atoms in total. The van der Waals surface area contributed by atoms with E-state index >= 15 is 0 Å². The van der Waals surface area contributed by atoms with Gasteiger partial charge < -0.3 is 4.90 Å². The minimum absolute atomic E-state index is 0.211. The van der Waals surface area contributed by atoms with Crippen LogP contribution in [0.2, 0.25) is 5.02 Å². The standard InChI is InChI=1S/C20H14ClF2N3O/c21-14-6-4-12(5-7-14)19-24-10-13-11-26(9-8-17(13)25-19)20(27)18-15(22)2-1-3-16(18)23/h1-7,10H,8-9,11H2. The van der Waals surface area contributed by atoms with Gasteiger partial charge in [0.1, 0.15) is 17.2 Å². The molecule has 0 saturated carbocycles. The first kappa shape index (κ1) is 17.5. The predicted molar refractivity (Wildman–Crippen MR) is 97.3 cm³/mol. The molecule has 0 radical (unpaired) electrons. The lowest BCUT2D eigenvalue weighted by Gasteiger charge is -2.28. The van der Waals surface area contributed by atoms with Crippen molar-refractivity contribution in [2.75, 3.05) is 6.54 Å². The minimum Gasteiger partial charge on any atom is -0.334 e. The summed E-state index contributed by atoms with van der Waals surface area (Å²) in [7, 11) is 0. The van der Waals surface area contributed by atoms with Gasteiger partial charge in [0.2, 0.25) is 0 Å². The SMILES string of the molecule is O=C(c1c(F)cccc1F)N1CCc2nc(-c3ccc(Cl)cc3)ncc2C1. The van der Waals surface area contributed by atoms with Gasteiger partial charge in [-0.25, -0.2) is 18.7 Å². The van der Waals surface area contributed by atoms with Gasteiger partial charge in [-0.1, -0.05) is 17.7 Å². The number of hydrogen-bond donors (Lipinski definition) is 0. The van der Waals surface area contributed by atoms with Gasteiger partial charge >= 0.3 is 0 Å². The second-order valence-electron chi connectivity index (χ2n) is 6.25. The van der Waals surface area contributed by atoms with Crippen LogP contribution < -0.4 is 0 Å². The Labute approximate surface area is 159 Å². The Hall–Kier alpha value is -2.86. The van der Waals surface area contributed by atoms with Gasteiger partial charge in [0, 0.05) is 41.9 Å². The zero-order valence-electron chi connectivity index (χ0n) is 14.1. The third-order valence-electron chi connectivity index (χ3n) is 4.50. The van der Waals surface area contributed by atoms with Crippen molar-refractivity contribution in [3.63, 3.8) is 0 Å². The van der Waals surface area contributed by atoms with Crippen molar-refractivity contribution >= 4 is 17.5 Å². The minimum atomic E-state index is -0.861. The van der Waals surface area contributed by atoms with Crippen molar-refractivity contribution in [3.8, 4) is 11.4 Å². The quantitative estimate of drug-likeness (QED) is 0.661. The fourth-order valence-corrected chi connectivity index (χ4v) is 3.21. The fourth-order valence-electron chi connectivity index (χ4n) is 3.09. The second kappa shape index (κ2) is 7.04. The van der Waals surface area contributed by atoms with Crippen molar-refractivity contribution in [2.24, 2.45) is 0 Å². The van der Waals surface area contributed by atoms with Crippen LogP contribution in [-0.4, -0.2) is 27.3 Å². The molecule has 0 N–H and O–H groups in total. The molecule has 0 aliphatic carbocycles. The first-order chi connectivity index (χ1) is 13.0. The molecule has 0 saturated heterocycles. The summed E-state index contributed by atoms with van der Waals surface area (Å²) in [6.07, 6.45) is 2.14. The number of fused-ring (bicyclic) bond motifs is 1. The largest absolute Gasteiger partial charge is 0.334 e. The number of halogens is 3. The van der Waals surface area contributed by atoms with E-state index in [0.29, 0.717) is 23.8 Å². The molecular formula is C20H14ClF2N3O. The molecule has 2 aromatic carbocycles. The van der Waals surface area contributed by atoms with Crippen LogP contribution in [0.15, 0.2) is 48.7 Å². The molecule has 0 bridgehead atoms. The summed E-state index contributed by atoms with van der Waals surface area (Å²) in [6, 6.07) is 10.6. The van der Waals surface area contributed by atoms with Crippen LogP contribution in [0, 0.1) is 11.6 Å². The zero-order valence-corrected chi connectivity index (χ0v) is 14.9. The summed E-state index contributed by atoms with van der Waals surface area (Å²) in [4.78, 5) is 22.9. The lowest BCUT2D eigenvalue weighted by atomic mass is 10.0. The maximum absolute atomic E-state index is 13.9. The summed E-state index contributed by atoms with van der Waals surface area (Å²) in [5.74, 6) is -1.82. The number of hydrogen-bond acceptors (Lipinski definition) is 3. The topological polar surface area (TPSA) is 46.1 Å². The van der Waals surface area contributed by atoms with Gasteiger partial charge in [-0.15, -0.1) is 0 Å². The van der Waals surface area contributed by atoms with Crippen molar-refractivity contribution in [2.45, 2.75) is 13.0 Å². The molecule has 1 aliphatic heterocycles. The summed E-state index contributed by atoms with van der Waals surface area (Å²) in [6.45, 7) is 0.541. The van der Waals surface area contributed by atoms with Gasteiger partial charge in [0.05, 0.1) is 5.69 Å². The third kappa shape index (κ3) is 3.40. The van der Waals surface area contributed by atoms with Crippen molar-refractivity contribution < 1.29 is 13.6 Å². The average Bonchev–Trinajstić information content (AvgIpc) is 2.67. The van der Waals surface area contributed by atoms with E-state index in [4.69, 9.17) is 11.6 Å². The van der Waals surface area contributed by atoms with Crippen LogP contribution in [0.1, 0.15) is 21.6 Å². The molecular weight excluding hydrogens is 372 g/mol. The number of carbonyl (C=O) groups excluding carboxylic acids is 1. The molecule has 3 aromatic rings. The number of benzene rings is 2. The molecule has 1 amide bonds. The van der Waals surface area contributed by atoms with E-state index < -0.39 is 23.1 Å². The van der Waals surface area contributed by atoms with Crippen LogP contribution in [0.4, 0.5) is 8.78 Å². The predicted octanol–water partition coefficient (Wildman–Crippen LogP) is 4.27. The fraction of sp³-hybridized carbons (Fsp3) is 0.150. The van der Waals surface area contributed by atoms with Crippen LogP contribution in [0.25, 0.3) is 11.4 Å². The van der Waals surface area contributed by atoms with Gasteiger partial charge in [0.15, 0.2) is 5.82 Å². The Morgan fingerprint density at radius 3 is 2.48 bits per heavy atom. The molecule has 2 heterocycles. The number of carbonyl (C=O) groups is 1. The van der Waals surface area contributed by atoms with Crippen molar-refractivity contribution in [1.82, 2.24) is 14.9 Å². The van der Waals surface area contributed by atoms with Gasteiger partial charge in [-0.2, -0.15) is 0 Å². The molecule has 27 heavy (non-hydrogen) atoms. The Kier molecular flexibility index (Phi) is 4.58. The second-order valence-corrected chi connectivity index (χ2v) is 6.68. The number of nitrogens with zero attached hydrogens (tertiary/aromatic N) is 3. The maximum Gasteiger partial charge on any atom is 0.260 e. The maximum atomic E-state index is 13.9. The summed E-state index contributed by atoms with van der Waals surface area (Å²) < 4.78 is 27.8. The Balaban J connectivity index is 1.59. The smallest absolute Gasteiger partial charge is 0.260 e. The van der Waals surface area contributed by atoms with E-state index in [9.17, 15) is 13.6 Å². The highest BCUT2D eigenvalue weighted by molar-refractivity contribution is 6.30. The highest BCUT2D eigenvalue weighted by atomic mass is 35.5. The average molecular weight is 386 g/mol.